The van der Waals surface area contributed by atoms with Crippen LogP contribution in [0, 0.1) is 5.92 Å². The van der Waals surface area contributed by atoms with Gasteiger partial charge < -0.3 is 20.1 Å². The van der Waals surface area contributed by atoms with Gasteiger partial charge in [-0.2, -0.15) is 0 Å². The molecule has 1 amide bonds. The second-order valence-corrected chi connectivity index (χ2v) is 10.2. The summed E-state index contributed by atoms with van der Waals surface area (Å²) in [4.78, 5) is 23.7. The van der Waals surface area contributed by atoms with Gasteiger partial charge in [-0.25, -0.2) is 0 Å². The Labute approximate surface area is 208 Å². The Kier molecular flexibility index (Phi) is 7.99. The van der Waals surface area contributed by atoms with Crippen molar-refractivity contribution in [1.29, 1.82) is 0 Å². The molecule has 2 aliphatic rings. The van der Waals surface area contributed by atoms with Crippen LogP contribution in [-0.4, -0.2) is 30.1 Å². The van der Waals surface area contributed by atoms with Crippen LogP contribution in [0.25, 0.3) is 0 Å². The van der Waals surface area contributed by atoms with Crippen molar-refractivity contribution in [2.24, 2.45) is 5.92 Å². The Morgan fingerprint density at radius 3 is 2.63 bits per heavy atom. The third-order valence-corrected chi connectivity index (χ3v) is 7.33. The van der Waals surface area contributed by atoms with Gasteiger partial charge in [-0.1, -0.05) is 30.3 Å². The van der Waals surface area contributed by atoms with Gasteiger partial charge in [0.1, 0.15) is 11.5 Å². The quantitative estimate of drug-likeness (QED) is 0.381. The molecule has 1 fully saturated rings. The molecule has 2 aromatic carbocycles. The first-order valence-corrected chi connectivity index (χ1v) is 12.9. The molecule has 0 bridgehead atoms. The van der Waals surface area contributed by atoms with Crippen molar-refractivity contribution in [1.82, 2.24) is 5.32 Å². The molecule has 1 heterocycles. The molecule has 2 N–H and O–H groups in total. The van der Waals surface area contributed by atoms with Crippen molar-refractivity contribution in [2.75, 3.05) is 5.32 Å². The summed E-state index contributed by atoms with van der Waals surface area (Å²) in [5.41, 5.74) is 3.33. The number of fused-ring (bicyclic) bond motifs is 3. The van der Waals surface area contributed by atoms with Crippen molar-refractivity contribution in [3.63, 3.8) is 0 Å². The van der Waals surface area contributed by atoms with E-state index >= 15 is 0 Å². The first kappa shape index (κ1) is 25.1. The highest BCUT2D eigenvalue weighted by molar-refractivity contribution is 5.74. The molecule has 35 heavy (non-hydrogen) atoms. The van der Waals surface area contributed by atoms with E-state index in [1.807, 2.05) is 18.2 Å². The van der Waals surface area contributed by atoms with Gasteiger partial charge in [0.05, 0.1) is 6.10 Å². The SMILES string of the molecule is CC(=O)NC1CCC2C(C)Nc3cc(OC(C)CCCc4ccccc4)cc(OC(C)=O)c3C2C1. The number of benzene rings is 2. The van der Waals surface area contributed by atoms with Gasteiger partial charge in [0.25, 0.3) is 0 Å². The number of hydrogen-bond acceptors (Lipinski definition) is 5. The molecule has 188 valence electrons. The van der Waals surface area contributed by atoms with Gasteiger partial charge in [0.2, 0.25) is 5.91 Å². The summed E-state index contributed by atoms with van der Waals surface area (Å²) in [5.74, 6) is 1.56. The summed E-state index contributed by atoms with van der Waals surface area (Å²) < 4.78 is 12.0. The second kappa shape index (κ2) is 11.1. The number of esters is 1. The number of nitrogens with one attached hydrogen (secondary N) is 2. The Morgan fingerprint density at radius 2 is 1.91 bits per heavy atom. The summed E-state index contributed by atoms with van der Waals surface area (Å²) in [6, 6.07) is 14.8. The molecule has 4 rings (SSSR count). The van der Waals surface area contributed by atoms with E-state index in [9.17, 15) is 9.59 Å². The van der Waals surface area contributed by atoms with Gasteiger partial charge in [0.15, 0.2) is 0 Å². The summed E-state index contributed by atoms with van der Waals surface area (Å²) in [6.07, 6.45) is 5.85. The minimum Gasteiger partial charge on any atom is -0.491 e. The number of ether oxygens (including phenoxy) is 2. The fourth-order valence-corrected chi connectivity index (χ4v) is 5.84. The van der Waals surface area contributed by atoms with E-state index in [0.29, 0.717) is 17.4 Å². The maximum Gasteiger partial charge on any atom is 0.308 e. The number of rotatable bonds is 8. The summed E-state index contributed by atoms with van der Waals surface area (Å²) >= 11 is 0. The van der Waals surface area contributed by atoms with Gasteiger partial charge in [-0.3, -0.25) is 9.59 Å². The Bertz CT molecular complexity index is 1040. The molecule has 0 spiro atoms. The van der Waals surface area contributed by atoms with Gasteiger partial charge in [0, 0.05) is 49.3 Å². The van der Waals surface area contributed by atoms with Crippen LogP contribution >= 0.6 is 0 Å². The van der Waals surface area contributed by atoms with Crippen LogP contribution in [0.1, 0.15) is 76.8 Å². The number of anilines is 1. The number of carbonyl (C=O) groups is 2. The van der Waals surface area contributed by atoms with Gasteiger partial charge >= 0.3 is 5.97 Å². The maximum atomic E-state index is 12.0. The van der Waals surface area contributed by atoms with Crippen LogP contribution in [0.4, 0.5) is 5.69 Å². The lowest BCUT2D eigenvalue weighted by molar-refractivity contribution is -0.132. The number of aryl methyl sites for hydroxylation is 1. The van der Waals surface area contributed by atoms with E-state index in [-0.39, 0.29) is 36.0 Å². The van der Waals surface area contributed by atoms with Gasteiger partial charge in [-0.05, 0) is 69.8 Å². The minimum absolute atomic E-state index is 0.000802. The summed E-state index contributed by atoms with van der Waals surface area (Å²) in [7, 11) is 0. The van der Waals surface area contributed by atoms with Crippen molar-refractivity contribution in [3.05, 3.63) is 53.6 Å². The zero-order chi connectivity index (χ0) is 24.9. The molecule has 1 aliphatic carbocycles. The predicted molar refractivity (Wildman–Crippen MR) is 138 cm³/mol. The van der Waals surface area contributed by atoms with Crippen LogP contribution in [-0.2, 0) is 16.0 Å². The average molecular weight is 479 g/mol. The molecular weight excluding hydrogens is 440 g/mol. The normalized spacial score (nSPS) is 23.8. The first-order chi connectivity index (χ1) is 16.8. The lowest BCUT2D eigenvalue weighted by Gasteiger charge is -2.45. The van der Waals surface area contributed by atoms with E-state index in [1.165, 1.54) is 12.5 Å². The fourth-order valence-electron chi connectivity index (χ4n) is 5.84. The molecule has 6 heteroatoms. The molecule has 0 radical (unpaired) electrons. The third-order valence-electron chi connectivity index (χ3n) is 7.33. The van der Waals surface area contributed by atoms with E-state index < -0.39 is 0 Å². The topological polar surface area (TPSA) is 76.7 Å². The van der Waals surface area contributed by atoms with Crippen LogP contribution in [0.2, 0.25) is 0 Å². The molecule has 6 nitrogen and oxygen atoms in total. The Balaban J connectivity index is 1.52. The standard InChI is InChI=1S/C29H38N2O4/c1-18(9-8-12-22-10-6-5-7-11-22)34-24-16-27-29(28(17-24)35-21(4)33)26-15-23(31-20(3)32)13-14-25(26)19(2)30-27/h5-7,10-11,16-19,23,25-26,30H,8-9,12-15H2,1-4H3,(H,31,32). The largest absolute Gasteiger partial charge is 0.491 e. The maximum absolute atomic E-state index is 12.0. The van der Waals surface area contributed by atoms with Crippen molar-refractivity contribution in [2.45, 2.75) is 90.3 Å². The average Bonchev–Trinajstić information content (AvgIpc) is 2.78. The Morgan fingerprint density at radius 1 is 1.14 bits per heavy atom. The highest BCUT2D eigenvalue weighted by Gasteiger charge is 2.41. The molecule has 0 saturated heterocycles. The van der Waals surface area contributed by atoms with E-state index in [2.05, 4.69) is 48.7 Å². The summed E-state index contributed by atoms with van der Waals surface area (Å²) in [5, 5.41) is 6.75. The second-order valence-electron chi connectivity index (χ2n) is 10.2. The molecule has 5 unspecified atom stereocenters. The number of hydrogen-bond donors (Lipinski definition) is 2. The lowest BCUT2D eigenvalue weighted by Crippen LogP contribution is -2.45. The first-order valence-electron chi connectivity index (χ1n) is 12.9. The van der Waals surface area contributed by atoms with Crippen molar-refractivity contribution < 1.29 is 19.1 Å². The predicted octanol–water partition coefficient (Wildman–Crippen LogP) is 5.60. The zero-order valence-electron chi connectivity index (χ0n) is 21.3. The molecule has 5 atom stereocenters. The van der Waals surface area contributed by atoms with E-state index in [0.717, 1.165) is 49.8 Å². The number of amides is 1. The van der Waals surface area contributed by atoms with Crippen LogP contribution in [0.5, 0.6) is 11.5 Å². The zero-order valence-corrected chi connectivity index (χ0v) is 21.3. The van der Waals surface area contributed by atoms with Crippen molar-refractivity contribution in [3.8, 4) is 11.5 Å². The third kappa shape index (κ3) is 6.36. The van der Waals surface area contributed by atoms with E-state index in [1.54, 1.807) is 6.92 Å². The smallest absolute Gasteiger partial charge is 0.308 e. The van der Waals surface area contributed by atoms with E-state index in [4.69, 9.17) is 9.47 Å². The van der Waals surface area contributed by atoms with Crippen LogP contribution < -0.4 is 20.1 Å². The Hall–Kier alpha value is -3.02. The van der Waals surface area contributed by atoms with Crippen LogP contribution in [0.15, 0.2) is 42.5 Å². The summed E-state index contributed by atoms with van der Waals surface area (Å²) in [6.45, 7) is 7.30. The highest BCUT2D eigenvalue weighted by atomic mass is 16.5. The van der Waals surface area contributed by atoms with Crippen molar-refractivity contribution >= 4 is 17.6 Å². The van der Waals surface area contributed by atoms with Crippen LogP contribution in [0.3, 0.4) is 0 Å². The molecular formula is C29H38N2O4. The molecule has 0 aromatic heterocycles. The highest BCUT2D eigenvalue weighted by Crippen LogP contribution is 2.51. The van der Waals surface area contributed by atoms with Gasteiger partial charge in [-0.15, -0.1) is 0 Å². The monoisotopic (exact) mass is 478 g/mol. The lowest BCUT2D eigenvalue weighted by atomic mass is 9.68. The molecule has 2 aromatic rings. The molecule has 1 aliphatic heterocycles. The minimum atomic E-state index is -0.343. The fraction of sp³-hybridized carbons (Fsp3) is 0.517. The molecule has 1 saturated carbocycles. The number of carbonyl (C=O) groups excluding carboxylic acids is 2.